The Balaban J connectivity index is 2.11. The van der Waals surface area contributed by atoms with Crippen molar-refractivity contribution in [3.63, 3.8) is 0 Å². The maximum atomic E-state index is 13.5. The number of sulfonamides is 1. The Morgan fingerprint density at radius 1 is 1.12 bits per heavy atom. The number of carbonyl (C=O) groups is 1. The summed E-state index contributed by atoms with van der Waals surface area (Å²) in [4.78, 5) is 12.0. The molecule has 2 rings (SSSR count). The van der Waals surface area contributed by atoms with E-state index in [-0.39, 0.29) is 17.1 Å². The maximum Gasteiger partial charge on any atom is 0.232 e. The van der Waals surface area contributed by atoms with Gasteiger partial charge >= 0.3 is 0 Å². The summed E-state index contributed by atoms with van der Waals surface area (Å²) in [5.41, 5.74) is 0.757. The molecule has 7 heteroatoms. The molecule has 24 heavy (non-hydrogen) atoms. The van der Waals surface area contributed by atoms with Crippen molar-refractivity contribution in [3.05, 3.63) is 71.3 Å². The van der Waals surface area contributed by atoms with E-state index in [1.165, 1.54) is 49.4 Å². The number of rotatable bonds is 6. The van der Waals surface area contributed by atoms with Gasteiger partial charge in [-0.2, -0.15) is 0 Å². The molecule has 2 aromatic rings. The number of carbonyl (C=O) groups excluding carboxylic acids is 1. The van der Waals surface area contributed by atoms with Crippen molar-refractivity contribution in [3.8, 4) is 0 Å². The van der Waals surface area contributed by atoms with Crippen LogP contribution < -0.4 is 4.72 Å². The number of allylic oxidation sites excluding steroid dienone is 1. The Labute approximate surface area is 138 Å². The lowest BCUT2D eigenvalue weighted by molar-refractivity contribution is 0.104. The lowest BCUT2D eigenvalue weighted by Crippen LogP contribution is -2.14. The smallest absolute Gasteiger partial charge is 0.232 e. The molecule has 0 saturated carbocycles. The quantitative estimate of drug-likeness (QED) is 0.639. The molecule has 0 unspecified atom stereocenters. The Hall–Kier alpha value is -2.54. The third-order valence-corrected chi connectivity index (χ3v) is 4.51. The lowest BCUT2D eigenvalue weighted by atomic mass is 10.1. The standard InChI is InChI=1S/C17H15F2NO3S/c1-2-24(22,23)20-15-8-4-13(5-9-15)17(21)10-6-12-3-7-14(18)11-16(12)19/h3-11,20H,2H2,1H3/b10-6+. The van der Waals surface area contributed by atoms with Gasteiger partial charge in [-0.1, -0.05) is 0 Å². The summed E-state index contributed by atoms with van der Waals surface area (Å²) < 4.78 is 51.6. The zero-order chi connectivity index (χ0) is 17.7. The molecule has 0 heterocycles. The highest BCUT2D eigenvalue weighted by Crippen LogP contribution is 2.14. The number of nitrogens with one attached hydrogen (secondary N) is 1. The fourth-order valence-corrected chi connectivity index (χ4v) is 2.49. The molecular formula is C17H15F2NO3S. The van der Waals surface area contributed by atoms with Crippen LogP contribution in [0, 0.1) is 11.6 Å². The first-order valence-electron chi connectivity index (χ1n) is 7.09. The molecular weight excluding hydrogens is 336 g/mol. The molecule has 0 bridgehead atoms. The first-order chi connectivity index (χ1) is 11.3. The average Bonchev–Trinajstić information content (AvgIpc) is 2.54. The molecule has 1 N–H and O–H groups in total. The zero-order valence-electron chi connectivity index (χ0n) is 12.8. The van der Waals surface area contributed by atoms with E-state index < -0.39 is 21.7 Å². The topological polar surface area (TPSA) is 63.2 Å². The molecule has 2 aromatic carbocycles. The molecule has 0 spiro atoms. The van der Waals surface area contributed by atoms with Crippen LogP contribution >= 0.6 is 0 Å². The van der Waals surface area contributed by atoms with Gasteiger partial charge in [-0.3, -0.25) is 9.52 Å². The van der Waals surface area contributed by atoms with E-state index in [4.69, 9.17) is 0 Å². The minimum atomic E-state index is -3.38. The van der Waals surface area contributed by atoms with Crippen molar-refractivity contribution < 1.29 is 22.0 Å². The Bertz CT molecular complexity index is 875. The van der Waals surface area contributed by atoms with Crippen LogP contribution in [0.5, 0.6) is 0 Å². The summed E-state index contributed by atoms with van der Waals surface area (Å²) in [6, 6.07) is 8.92. The van der Waals surface area contributed by atoms with Gasteiger partial charge in [0.2, 0.25) is 10.0 Å². The predicted molar refractivity (Wildman–Crippen MR) is 89.2 cm³/mol. The molecule has 0 atom stereocenters. The fourth-order valence-electron chi connectivity index (χ4n) is 1.85. The molecule has 0 aliphatic rings. The van der Waals surface area contributed by atoms with Crippen molar-refractivity contribution in [2.75, 3.05) is 10.5 Å². The van der Waals surface area contributed by atoms with Crippen molar-refractivity contribution in [2.24, 2.45) is 0 Å². The van der Waals surface area contributed by atoms with E-state index in [9.17, 15) is 22.0 Å². The van der Waals surface area contributed by atoms with Gasteiger partial charge in [0, 0.05) is 22.9 Å². The second-order valence-corrected chi connectivity index (χ2v) is 6.96. The number of benzene rings is 2. The second kappa shape index (κ2) is 7.35. The van der Waals surface area contributed by atoms with E-state index in [0.29, 0.717) is 11.3 Å². The zero-order valence-corrected chi connectivity index (χ0v) is 13.6. The van der Waals surface area contributed by atoms with Crippen molar-refractivity contribution in [1.82, 2.24) is 0 Å². The minimum Gasteiger partial charge on any atom is -0.289 e. The van der Waals surface area contributed by atoms with Crippen LogP contribution in [0.25, 0.3) is 6.08 Å². The molecule has 0 aliphatic carbocycles. The molecule has 0 fully saturated rings. The summed E-state index contributed by atoms with van der Waals surface area (Å²) in [5.74, 6) is -1.90. The van der Waals surface area contributed by atoms with Crippen molar-refractivity contribution >= 4 is 27.6 Å². The largest absolute Gasteiger partial charge is 0.289 e. The highest BCUT2D eigenvalue weighted by molar-refractivity contribution is 7.92. The normalized spacial score (nSPS) is 11.6. The van der Waals surface area contributed by atoms with Crippen LogP contribution in [-0.4, -0.2) is 20.0 Å². The monoisotopic (exact) mass is 351 g/mol. The van der Waals surface area contributed by atoms with Crippen LogP contribution in [0.3, 0.4) is 0 Å². The molecule has 0 saturated heterocycles. The molecule has 126 valence electrons. The summed E-state index contributed by atoms with van der Waals surface area (Å²) >= 11 is 0. The summed E-state index contributed by atoms with van der Waals surface area (Å²) in [5, 5.41) is 0. The SMILES string of the molecule is CCS(=O)(=O)Nc1ccc(C(=O)/C=C/c2ccc(F)cc2F)cc1. The van der Waals surface area contributed by atoms with E-state index in [0.717, 1.165) is 12.1 Å². The van der Waals surface area contributed by atoms with E-state index in [1.54, 1.807) is 0 Å². The Morgan fingerprint density at radius 3 is 2.38 bits per heavy atom. The molecule has 0 amide bonds. The average molecular weight is 351 g/mol. The van der Waals surface area contributed by atoms with Gasteiger partial charge in [0.25, 0.3) is 0 Å². The highest BCUT2D eigenvalue weighted by Gasteiger charge is 2.08. The lowest BCUT2D eigenvalue weighted by Gasteiger charge is -2.06. The van der Waals surface area contributed by atoms with E-state index in [2.05, 4.69) is 4.72 Å². The van der Waals surface area contributed by atoms with Gasteiger partial charge in [0.05, 0.1) is 5.75 Å². The van der Waals surface area contributed by atoms with Crippen LogP contribution in [-0.2, 0) is 10.0 Å². The number of halogens is 2. The molecule has 0 aromatic heterocycles. The number of hydrogen-bond donors (Lipinski definition) is 1. The van der Waals surface area contributed by atoms with Crippen LogP contribution in [0.15, 0.2) is 48.5 Å². The van der Waals surface area contributed by atoms with Gasteiger partial charge in [-0.15, -0.1) is 0 Å². The molecule has 0 radical (unpaired) electrons. The number of hydrogen-bond acceptors (Lipinski definition) is 3. The van der Waals surface area contributed by atoms with Gasteiger partial charge in [-0.05, 0) is 55.5 Å². The highest BCUT2D eigenvalue weighted by atomic mass is 32.2. The summed E-state index contributed by atoms with van der Waals surface area (Å²) in [7, 11) is -3.38. The Morgan fingerprint density at radius 2 is 1.79 bits per heavy atom. The van der Waals surface area contributed by atoms with Crippen LogP contribution in [0.1, 0.15) is 22.8 Å². The van der Waals surface area contributed by atoms with Crippen molar-refractivity contribution in [2.45, 2.75) is 6.92 Å². The van der Waals surface area contributed by atoms with E-state index >= 15 is 0 Å². The summed E-state index contributed by atoms with van der Waals surface area (Å²) in [6.45, 7) is 1.51. The third kappa shape index (κ3) is 4.73. The first-order valence-corrected chi connectivity index (χ1v) is 8.74. The fraction of sp³-hybridized carbons (Fsp3) is 0.118. The second-order valence-electron chi connectivity index (χ2n) is 4.95. The predicted octanol–water partition coefficient (Wildman–Crippen LogP) is 3.62. The van der Waals surface area contributed by atoms with Crippen LogP contribution in [0.4, 0.5) is 14.5 Å². The maximum absolute atomic E-state index is 13.5. The Kier molecular flexibility index (Phi) is 5.46. The van der Waals surface area contributed by atoms with E-state index in [1.807, 2.05) is 0 Å². The third-order valence-electron chi connectivity index (χ3n) is 3.20. The number of ketones is 1. The first kappa shape index (κ1) is 17.8. The number of anilines is 1. The van der Waals surface area contributed by atoms with Crippen molar-refractivity contribution in [1.29, 1.82) is 0 Å². The van der Waals surface area contributed by atoms with Gasteiger partial charge < -0.3 is 0 Å². The van der Waals surface area contributed by atoms with Gasteiger partial charge in [-0.25, -0.2) is 17.2 Å². The minimum absolute atomic E-state index is 0.0559. The van der Waals surface area contributed by atoms with Gasteiger partial charge in [0.15, 0.2) is 5.78 Å². The molecule has 4 nitrogen and oxygen atoms in total. The summed E-state index contributed by atoms with van der Waals surface area (Å²) in [6.07, 6.45) is 2.42. The van der Waals surface area contributed by atoms with Gasteiger partial charge in [0.1, 0.15) is 11.6 Å². The molecule has 0 aliphatic heterocycles. The van der Waals surface area contributed by atoms with Crippen LogP contribution in [0.2, 0.25) is 0 Å².